The normalized spacial score (nSPS) is 12.2. The van der Waals surface area contributed by atoms with Crippen molar-refractivity contribution in [3.63, 3.8) is 0 Å². The van der Waals surface area contributed by atoms with Gasteiger partial charge in [-0.25, -0.2) is 8.42 Å². The van der Waals surface area contributed by atoms with Crippen LogP contribution in [-0.2, 0) is 21.2 Å². The van der Waals surface area contributed by atoms with Gasteiger partial charge in [0.1, 0.15) is 0 Å². The molecule has 0 aliphatic carbocycles. The van der Waals surface area contributed by atoms with E-state index in [0.717, 1.165) is 5.56 Å². The Labute approximate surface area is 142 Å². The molecule has 0 heterocycles. The van der Waals surface area contributed by atoms with Gasteiger partial charge in [0.05, 0.1) is 15.8 Å². The summed E-state index contributed by atoms with van der Waals surface area (Å²) < 4.78 is 25.8. The minimum atomic E-state index is -3.60. The zero-order valence-electron chi connectivity index (χ0n) is 12.9. The molecular weight excluding hydrogens is 345 g/mol. The number of benzene rings is 1. The van der Waals surface area contributed by atoms with Gasteiger partial charge in [-0.15, -0.1) is 0 Å². The second kappa shape index (κ2) is 7.66. The highest BCUT2D eigenvalue weighted by Crippen LogP contribution is 2.26. The minimum absolute atomic E-state index is 0.0365. The van der Waals surface area contributed by atoms with Gasteiger partial charge >= 0.3 is 0 Å². The molecule has 0 atom stereocenters. The lowest BCUT2D eigenvalue weighted by Crippen LogP contribution is -2.33. The van der Waals surface area contributed by atoms with Crippen LogP contribution in [0.4, 0.5) is 0 Å². The number of aryl methyl sites for hydroxylation is 1. The minimum Gasteiger partial charge on any atom is -0.274 e. The molecule has 1 aromatic carbocycles. The predicted molar refractivity (Wildman–Crippen MR) is 90.8 cm³/mol. The van der Waals surface area contributed by atoms with Crippen molar-refractivity contribution in [3.8, 4) is 0 Å². The number of carbonyl (C=O) groups excluding carboxylic acids is 1. The summed E-state index contributed by atoms with van der Waals surface area (Å²) in [6, 6.07) is 5.15. The van der Waals surface area contributed by atoms with Crippen molar-refractivity contribution < 1.29 is 13.2 Å². The molecule has 124 valence electrons. The molecule has 0 unspecified atom stereocenters. The number of rotatable bonds is 6. The van der Waals surface area contributed by atoms with E-state index in [2.05, 4.69) is 4.72 Å². The molecule has 0 aliphatic heterocycles. The van der Waals surface area contributed by atoms with Gasteiger partial charge < -0.3 is 0 Å². The summed E-state index contributed by atoms with van der Waals surface area (Å²) >= 11 is 11.9. The van der Waals surface area contributed by atoms with Crippen molar-refractivity contribution >= 4 is 39.1 Å². The second-order valence-corrected chi connectivity index (χ2v) is 8.99. The van der Waals surface area contributed by atoms with Crippen molar-refractivity contribution in [1.29, 1.82) is 0 Å². The summed E-state index contributed by atoms with van der Waals surface area (Å²) in [5.74, 6) is -0.606. The third-order valence-corrected chi connectivity index (χ3v) is 5.18. The van der Waals surface area contributed by atoms with Crippen molar-refractivity contribution in [2.75, 3.05) is 5.75 Å². The van der Waals surface area contributed by atoms with Crippen LogP contribution >= 0.6 is 23.2 Å². The van der Waals surface area contributed by atoms with E-state index in [9.17, 15) is 13.2 Å². The average Bonchev–Trinajstić information content (AvgIpc) is 2.37. The molecule has 22 heavy (non-hydrogen) atoms. The molecule has 4 nitrogen and oxygen atoms in total. The zero-order chi connectivity index (χ0) is 17.0. The van der Waals surface area contributed by atoms with Gasteiger partial charge in [-0.1, -0.05) is 56.1 Å². The first-order valence-corrected chi connectivity index (χ1v) is 9.37. The van der Waals surface area contributed by atoms with Crippen LogP contribution < -0.4 is 4.72 Å². The molecule has 1 rings (SSSR count). The highest BCUT2D eigenvalue weighted by molar-refractivity contribution is 7.90. The first-order valence-electron chi connectivity index (χ1n) is 6.96. The van der Waals surface area contributed by atoms with Gasteiger partial charge in [-0.05, 0) is 29.9 Å². The summed E-state index contributed by atoms with van der Waals surface area (Å²) in [5, 5.41) is 0.810. The van der Waals surface area contributed by atoms with Crippen LogP contribution in [0.25, 0.3) is 0 Å². The maximum Gasteiger partial charge on any atom is 0.234 e. The standard InChI is InChI=1S/C15H21Cl2NO3S/c1-15(2,3)9-10-22(20,21)18-13(19)8-7-11-5-4-6-12(16)14(11)17/h4-6H,7-10H2,1-3H3,(H,18,19). The van der Waals surface area contributed by atoms with E-state index in [1.54, 1.807) is 18.2 Å². The van der Waals surface area contributed by atoms with E-state index < -0.39 is 15.9 Å². The van der Waals surface area contributed by atoms with E-state index in [1.165, 1.54) is 0 Å². The van der Waals surface area contributed by atoms with Gasteiger partial charge in [0.25, 0.3) is 0 Å². The van der Waals surface area contributed by atoms with E-state index in [0.29, 0.717) is 22.9 Å². The Morgan fingerprint density at radius 3 is 2.45 bits per heavy atom. The first kappa shape index (κ1) is 19.3. The molecule has 0 bridgehead atoms. The lowest BCUT2D eigenvalue weighted by Gasteiger charge is -2.17. The van der Waals surface area contributed by atoms with E-state index in [-0.39, 0.29) is 17.6 Å². The third kappa shape index (κ3) is 6.99. The molecule has 0 aromatic heterocycles. The van der Waals surface area contributed by atoms with Gasteiger partial charge in [-0.3, -0.25) is 9.52 Å². The highest BCUT2D eigenvalue weighted by atomic mass is 35.5. The number of halogens is 2. The summed E-state index contributed by atoms with van der Waals surface area (Å²) in [7, 11) is -3.60. The summed E-state index contributed by atoms with van der Waals surface area (Å²) in [6.07, 6.45) is 0.852. The molecule has 0 radical (unpaired) electrons. The van der Waals surface area contributed by atoms with Crippen LogP contribution in [-0.4, -0.2) is 20.1 Å². The zero-order valence-corrected chi connectivity index (χ0v) is 15.3. The number of hydrogen-bond donors (Lipinski definition) is 1. The third-order valence-electron chi connectivity index (χ3n) is 3.04. The van der Waals surface area contributed by atoms with Crippen LogP contribution in [0.2, 0.25) is 10.0 Å². The maximum absolute atomic E-state index is 11.8. The molecular formula is C15H21Cl2NO3S. The van der Waals surface area contributed by atoms with Gasteiger partial charge in [0.2, 0.25) is 15.9 Å². The average molecular weight is 366 g/mol. The van der Waals surface area contributed by atoms with Crippen LogP contribution in [0.15, 0.2) is 18.2 Å². The SMILES string of the molecule is CC(C)(C)CCS(=O)(=O)NC(=O)CCc1cccc(Cl)c1Cl. The largest absolute Gasteiger partial charge is 0.274 e. The Kier molecular flexibility index (Phi) is 6.71. The number of sulfonamides is 1. The Morgan fingerprint density at radius 2 is 1.86 bits per heavy atom. The fraction of sp³-hybridized carbons (Fsp3) is 0.533. The molecule has 7 heteroatoms. The molecule has 0 saturated carbocycles. The number of nitrogens with one attached hydrogen (secondary N) is 1. The van der Waals surface area contributed by atoms with Crippen molar-refractivity contribution in [3.05, 3.63) is 33.8 Å². The van der Waals surface area contributed by atoms with E-state index >= 15 is 0 Å². The Hall–Kier alpha value is -0.780. The predicted octanol–water partition coefficient (Wildman–Crippen LogP) is 3.81. The molecule has 1 amide bonds. The number of hydrogen-bond acceptors (Lipinski definition) is 3. The smallest absolute Gasteiger partial charge is 0.234 e. The monoisotopic (exact) mass is 365 g/mol. The second-order valence-electron chi connectivity index (χ2n) is 6.37. The van der Waals surface area contributed by atoms with Crippen LogP contribution in [0.3, 0.4) is 0 Å². The van der Waals surface area contributed by atoms with Gasteiger partial charge in [-0.2, -0.15) is 0 Å². The first-order chi connectivity index (χ1) is 10.0. The molecule has 1 N–H and O–H groups in total. The quantitative estimate of drug-likeness (QED) is 0.833. The summed E-state index contributed by atoms with van der Waals surface area (Å²) in [5.41, 5.74) is 0.614. The number of carbonyl (C=O) groups is 1. The number of amides is 1. The molecule has 0 spiro atoms. The van der Waals surface area contributed by atoms with Gasteiger partial charge in [0, 0.05) is 6.42 Å². The van der Waals surface area contributed by atoms with E-state index in [4.69, 9.17) is 23.2 Å². The molecule has 1 aromatic rings. The molecule has 0 aliphatic rings. The van der Waals surface area contributed by atoms with Crippen molar-refractivity contribution in [2.24, 2.45) is 5.41 Å². The lowest BCUT2D eigenvalue weighted by atomic mass is 9.94. The Bertz CT molecular complexity index is 637. The van der Waals surface area contributed by atoms with Crippen molar-refractivity contribution in [2.45, 2.75) is 40.0 Å². The Morgan fingerprint density at radius 1 is 1.23 bits per heavy atom. The molecule has 0 saturated heterocycles. The Balaban J connectivity index is 2.54. The topological polar surface area (TPSA) is 63.2 Å². The summed E-state index contributed by atoms with van der Waals surface area (Å²) in [4.78, 5) is 11.8. The van der Waals surface area contributed by atoms with Crippen LogP contribution in [0.5, 0.6) is 0 Å². The van der Waals surface area contributed by atoms with Crippen molar-refractivity contribution in [1.82, 2.24) is 4.72 Å². The fourth-order valence-electron chi connectivity index (χ4n) is 1.71. The van der Waals surface area contributed by atoms with Gasteiger partial charge in [0.15, 0.2) is 0 Å². The van der Waals surface area contributed by atoms with Crippen LogP contribution in [0.1, 0.15) is 39.2 Å². The maximum atomic E-state index is 11.8. The highest BCUT2D eigenvalue weighted by Gasteiger charge is 2.19. The van der Waals surface area contributed by atoms with E-state index in [1.807, 2.05) is 20.8 Å². The lowest BCUT2D eigenvalue weighted by molar-refractivity contribution is -0.119. The van der Waals surface area contributed by atoms with Crippen LogP contribution in [0, 0.1) is 5.41 Å². The molecule has 0 fully saturated rings. The fourth-order valence-corrected chi connectivity index (χ4v) is 3.55. The summed E-state index contributed by atoms with van der Waals surface area (Å²) in [6.45, 7) is 5.85.